The van der Waals surface area contributed by atoms with E-state index in [4.69, 9.17) is 9.47 Å². The maximum absolute atomic E-state index is 5.61. The molecule has 1 aromatic carbocycles. The maximum Gasteiger partial charge on any atom is 0.119 e. The number of nitrogens with one attached hydrogen (secondary N) is 1. The first-order chi connectivity index (χ1) is 8.43. The third-order valence-corrected chi connectivity index (χ3v) is 2.49. The molecule has 1 rings (SSSR count). The molecule has 3 heteroatoms. The zero-order valence-electron chi connectivity index (χ0n) is 10.7. The molecule has 0 spiro atoms. The van der Waals surface area contributed by atoms with Gasteiger partial charge in [0.1, 0.15) is 5.75 Å². The summed E-state index contributed by atoms with van der Waals surface area (Å²) in [5.74, 6) is 0.964. The molecule has 1 N–H and O–H groups in total. The van der Waals surface area contributed by atoms with E-state index in [9.17, 15) is 0 Å². The lowest BCUT2D eigenvalue weighted by molar-refractivity contribution is 0.199. The van der Waals surface area contributed by atoms with Crippen LogP contribution in [0.25, 0.3) is 0 Å². The average Bonchev–Trinajstić information content (AvgIpc) is 2.38. The lowest BCUT2D eigenvalue weighted by Crippen LogP contribution is -2.20. The van der Waals surface area contributed by atoms with Crippen molar-refractivity contribution in [2.45, 2.75) is 19.3 Å². The van der Waals surface area contributed by atoms with Gasteiger partial charge in [-0.3, -0.25) is 0 Å². The van der Waals surface area contributed by atoms with Crippen molar-refractivity contribution in [1.82, 2.24) is 5.32 Å². The molecule has 0 radical (unpaired) electrons. The molecule has 0 saturated carbocycles. The molecule has 0 saturated heterocycles. The lowest BCUT2D eigenvalue weighted by atomic mass is 10.2. The van der Waals surface area contributed by atoms with Gasteiger partial charge < -0.3 is 14.8 Å². The zero-order chi connectivity index (χ0) is 12.2. The Kier molecular flexibility index (Phi) is 8.33. The van der Waals surface area contributed by atoms with Crippen molar-refractivity contribution in [1.29, 1.82) is 0 Å². The molecule has 96 valence electrons. The van der Waals surface area contributed by atoms with Crippen LogP contribution in [0.5, 0.6) is 5.75 Å². The topological polar surface area (TPSA) is 30.5 Å². The van der Waals surface area contributed by atoms with Crippen LogP contribution in [0.3, 0.4) is 0 Å². The van der Waals surface area contributed by atoms with Gasteiger partial charge in [-0.25, -0.2) is 0 Å². The summed E-state index contributed by atoms with van der Waals surface area (Å²) in [4.78, 5) is 0. The van der Waals surface area contributed by atoms with E-state index in [1.54, 1.807) is 7.11 Å². The standard InChI is InChI=1S/C14H23NO2/c1-16-13-11-15-10-6-3-7-12-17-14-8-4-2-5-9-14/h2,4-5,8-9,15H,3,6-7,10-13H2,1H3. The molecule has 0 bridgehead atoms. The summed E-state index contributed by atoms with van der Waals surface area (Å²) >= 11 is 0. The van der Waals surface area contributed by atoms with Crippen LogP contribution in [0.1, 0.15) is 19.3 Å². The van der Waals surface area contributed by atoms with Crippen LogP contribution in [-0.2, 0) is 4.74 Å². The minimum atomic E-state index is 0.789. The summed E-state index contributed by atoms with van der Waals surface area (Å²) in [6.45, 7) is 3.60. The van der Waals surface area contributed by atoms with Crippen molar-refractivity contribution in [2.24, 2.45) is 0 Å². The molecular weight excluding hydrogens is 214 g/mol. The molecule has 0 atom stereocenters. The average molecular weight is 237 g/mol. The fourth-order valence-corrected chi connectivity index (χ4v) is 1.53. The Morgan fingerprint density at radius 1 is 0.941 bits per heavy atom. The maximum atomic E-state index is 5.61. The molecule has 17 heavy (non-hydrogen) atoms. The number of methoxy groups -OCH3 is 1. The molecule has 0 heterocycles. The van der Waals surface area contributed by atoms with Gasteiger partial charge in [0.25, 0.3) is 0 Å². The summed E-state index contributed by atoms with van der Waals surface area (Å²) in [6, 6.07) is 9.97. The molecule has 0 aromatic heterocycles. The molecule has 1 aromatic rings. The number of unbranched alkanes of at least 4 members (excludes halogenated alkanes) is 2. The lowest BCUT2D eigenvalue weighted by Gasteiger charge is -2.06. The van der Waals surface area contributed by atoms with Crippen LogP contribution in [0.4, 0.5) is 0 Å². The van der Waals surface area contributed by atoms with Gasteiger partial charge >= 0.3 is 0 Å². The highest BCUT2D eigenvalue weighted by molar-refractivity contribution is 5.20. The van der Waals surface area contributed by atoms with Crippen LogP contribution in [-0.4, -0.2) is 33.4 Å². The fourth-order valence-electron chi connectivity index (χ4n) is 1.53. The van der Waals surface area contributed by atoms with E-state index in [1.165, 1.54) is 12.8 Å². The number of ether oxygens (including phenoxy) is 2. The summed E-state index contributed by atoms with van der Waals surface area (Å²) in [7, 11) is 1.72. The monoisotopic (exact) mass is 237 g/mol. The van der Waals surface area contributed by atoms with Crippen LogP contribution in [0.2, 0.25) is 0 Å². The van der Waals surface area contributed by atoms with Gasteiger partial charge in [0.15, 0.2) is 0 Å². The van der Waals surface area contributed by atoms with Crippen molar-refractivity contribution in [3.05, 3.63) is 30.3 Å². The first-order valence-electron chi connectivity index (χ1n) is 6.31. The Hall–Kier alpha value is -1.06. The Balaban J connectivity index is 1.85. The van der Waals surface area contributed by atoms with E-state index < -0.39 is 0 Å². The van der Waals surface area contributed by atoms with Crippen molar-refractivity contribution in [3.8, 4) is 5.75 Å². The van der Waals surface area contributed by atoms with Gasteiger partial charge in [0.05, 0.1) is 13.2 Å². The van der Waals surface area contributed by atoms with Crippen molar-refractivity contribution in [2.75, 3.05) is 33.4 Å². The molecule has 0 aliphatic carbocycles. The van der Waals surface area contributed by atoms with Crippen molar-refractivity contribution >= 4 is 0 Å². The van der Waals surface area contributed by atoms with E-state index in [-0.39, 0.29) is 0 Å². The predicted molar refractivity (Wildman–Crippen MR) is 70.5 cm³/mol. The summed E-state index contributed by atoms with van der Waals surface area (Å²) in [5.41, 5.74) is 0. The molecule has 3 nitrogen and oxygen atoms in total. The Morgan fingerprint density at radius 3 is 2.53 bits per heavy atom. The van der Waals surface area contributed by atoms with Gasteiger partial charge in [-0.1, -0.05) is 18.2 Å². The molecule has 0 aliphatic heterocycles. The van der Waals surface area contributed by atoms with Gasteiger partial charge in [-0.15, -0.1) is 0 Å². The molecule has 0 amide bonds. The normalized spacial score (nSPS) is 10.4. The van der Waals surface area contributed by atoms with E-state index in [0.717, 1.165) is 38.5 Å². The molecule has 0 aliphatic rings. The molecular formula is C14H23NO2. The number of para-hydroxylation sites is 1. The van der Waals surface area contributed by atoms with Gasteiger partial charge in [0.2, 0.25) is 0 Å². The second-order valence-corrected chi connectivity index (χ2v) is 3.96. The van der Waals surface area contributed by atoms with E-state index in [1.807, 2.05) is 30.3 Å². The van der Waals surface area contributed by atoms with Gasteiger partial charge in [-0.05, 0) is 37.9 Å². The van der Waals surface area contributed by atoms with Crippen LogP contribution >= 0.6 is 0 Å². The number of rotatable bonds is 10. The summed E-state index contributed by atoms with van der Waals surface area (Å²) < 4.78 is 10.6. The molecule has 0 fully saturated rings. The first kappa shape index (κ1) is 14.0. The predicted octanol–water partition coefficient (Wildman–Crippen LogP) is 2.47. The quantitative estimate of drug-likeness (QED) is 0.634. The SMILES string of the molecule is COCCNCCCCCOc1ccccc1. The second-order valence-electron chi connectivity index (χ2n) is 3.96. The summed E-state index contributed by atoms with van der Waals surface area (Å²) in [6.07, 6.45) is 3.51. The van der Waals surface area contributed by atoms with Crippen molar-refractivity contribution in [3.63, 3.8) is 0 Å². The van der Waals surface area contributed by atoms with E-state index >= 15 is 0 Å². The van der Waals surface area contributed by atoms with Crippen LogP contribution < -0.4 is 10.1 Å². The van der Waals surface area contributed by atoms with E-state index in [0.29, 0.717) is 0 Å². The van der Waals surface area contributed by atoms with Crippen molar-refractivity contribution < 1.29 is 9.47 Å². The smallest absolute Gasteiger partial charge is 0.119 e. The Labute approximate surface area is 104 Å². The largest absolute Gasteiger partial charge is 0.494 e. The van der Waals surface area contributed by atoms with Crippen LogP contribution in [0.15, 0.2) is 30.3 Å². The fraction of sp³-hybridized carbons (Fsp3) is 0.571. The minimum absolute atomic E-state index is 0.789. The Bertz CT molecular complexity index is 264. The highest BCUT2D eigenvalue weighted by Crippen LogP contribution is 2.08. The number of hydrogen-bond donors (Lipinski definition) is 1. The van der Waals surface area contributed by atoms with Crippen LogP contribution in [0, 0.1) is 0 Å². The second kappa shape index (κ2) is 10.1. The minimum Gasteiger partial charge on any atom is -0.494 e. The Morgan fingerprint density at radius 2 is 1.76 bits per heavy atom. The summed E-state index contributed by atoms with van der Waals surface area (Å²) in [5, 5.41) is 3.33. The zero-order valence-corrected chi connectivity index (χ0v) is 10.7. The third kappa shape index (κ3) is 7.77. The number of hydrogen-bond acceptors (Lipinski definition) is 3. The highest BCUT2D eigenvalue weighted by Gasteiger charge is 1.92. The molecule has 0 unspecified atom stereocenters. The van der Waals surface area contributed by atoms with Gasteiger partial charge in [0, 0.05) is 13.7 Å². The first-order valence-corrected chi connectivity index (χ1v) is 6.31. The number of benzene rings is 1. The van der Waals surface area contributed by atoms with Gasteiger partial charge in [-0.2, -0.15) is 0 Å². The highest BCUT2D eigenvalue weighted by atomic mass is 16.5. The third-order valence-electron chi connectivity index (χ3n) is 2.49. The van der Waals surface area contributed by atoms with E-state index in [2.05, 4.69) is 5.32 Å².